The first-order valence-electron chi connectivity index (χ1n) is 10.9. The maximum Gasteiger partial charge on any atom is 0.229 e. The summed E-state index contributed by atoms with van der Waals surface area (Å²) < 4.78 is 0. The summed E-state index contributed by atoms with van der Waals surface area (Å²) in [5.74, 6) is 0.839. The minimum Gasteiger partial charge on any atom is -0.340 e. The molecule has 0 aromatic heterocycles. The lowest BCUT2D eigenvalue weighted by Crippen LogP contribution is -2.45. The van der Waals surface area contributed by atoms with Crippen molar-refractivity contribution >= 4 is 5.91 Å². The molecule has 4 atom stereocenters. The summed E-state index contributed by atoms with van der Waals surface area (Å²) in [6.07, 6.45) is 2.44. The van der Waals surface area contributed by atoms with E-state index < -0.39 is 0 Å². The predicted molar refractivity (Wildman–Crippen MR) is 114 cm³/mol. The summed E-state index contributed by atoms with van der Waals surface area (Å²) in [7, 11) is 0. The molecule has 152 valence electrons. The first-order chi connectivity index (χ1) is 14.3. The van der Waals surface area contributed by atoms with Crippen molar-refractivity contribution in [2.45, 2.75) is 31.5 Å². The Balaban J connectivity index is 1.30. The van der Waals surface area contributed by atoms with Crippen molar-refractivity contribution in [1.82, 2.24) is 20.7 Å². The molecular formula is C24H30N4O. The number of nitrogens with zero attached hydrogens (tertiary/aromatic N) is 2. The number of nitrogens with one attached hydrogen (secondary N) is 2. The van der Waals surface area contributed by atoms with Gasteiger partial charge in [-0.3, -0.25) is 15.1 Å². The molecule has 2 aromatic rings. The minimum absolute atomic E-state index is 0.0440. The predicted octanol–water partition coefficient (Wildman–Crippen LogP) is 2.57. The van der Waals surface area contributed by atoms with Crippen LogP contribution in [0.4, 0.5) is 0 Å². The van der Waals surface area contributed by atoms with Gasteiger partial charge in [0.1, 0.15) is 0 Å². The van der Waals surface area contributed by atoms with E-state index in [2.05, 4.69) is 63.1 Å². The number of hydrazine groups is 1. The van der Waals surface area contributed by atoms with E-state index in [4.69, 9.17) is 0 Å². The van der Waals surface area contributed by atoms with Crippen LogP contribution >= 0.6 is 0 Å². The normalized spacial score (nSPS) is 29.7. The number of carbonyl (C=O) groups excluding carboxylic acids is 1. The molecule has 0 saturated carbocycles. The highest BCUT2D eigenvalue weighted by Crippen LogP contribution is 2.32. The molecule has 4 heterocycles. The van der Waals surface area contributed by atoms with Crippen LogP contribution < -0.4 is 10.9 Å². The Morgan fingerprint density at radius 1 is 0.931 bits per heavy atom. The Morgan fingerprint density at radius 3 is 2.48 bits per heavy atom. The summed E-state index contributed by atoms with van der Waals surface area (Å²) in [4.78, 5) is 18.3. The lowest BCUT2D eigenvalue weighted by atomic mass is 9.93. The third-order valence-electron chi connectivity index (χ3n) is 6.82. The number of carbonyl (C=O) groups is 1. The van der Waals surface area contributed by atoms with Gasteiger partial charge in [-0.25, -0.2) is 5.43 Å². The van der Waals surface area contributed by atoms with Gasteiger partial charge < -0.3 is 4.90 Å². The fourth-order valence-electron chi connectivity index (χ4n) is 5.31. The van der Waals surface area contributed by atoms with Gasteiger partial charge in [-0.05, 0) is 29.9 Å². The van der Waals surface area contributed by atoms with E-state index in [0.717, 1.165) is 26.2 Å². The van der Waals surface area contributed by atoms with Crippen LogP contribution in [0, 0.1) is 11.8 Å². The van der Waals surface area contributed by atoms with Gasteiger partial charge >= 0.3 is 0 Å². The van der Waals surface area contributed by atoms with Crippen molar-refractivity contribution in [3.05, 3.63) is 71.8 Å². The fourth-order valence-corrected chi connectivity index (χ4v) is 5.31. The van der Waals surface area contributed by atoms with Gasteiger partial charge in [0, 0.05) is 38.8 Å². The molecule has 5 nitrogen and oxygen atoms in total. The van der Waals surface area contributed by atoms with Gasteiger partial charge in [0.25, 0.3) is 0 Å². The Labute approximate surface area is 173 Å². The van der Waals surface area contributed by atoms with Crippen LogP contribution in [-0.4, -0.2) is 47.9 Å². The van der Waals surface area contributed by atoms with Crippen molar-refractivity contribution in [2.24, 2.45) is 11.8 Å². The molecule has 4 aliphatic heterocycles. The molecule has 0 radical (unpaired) electrons. The van der Waals surface area contributed by atoms with Crippen LogP contribution in [0.15, 0.2) is 60.7 Å². The van der Waals surface area contributed by atoms with Gasteiger partial charge in [0.15, 0.2) is 0 Å². The van der Waals surface area contributed by atoms with Crippen molar-refractivity contribution < 1.29 is 4.79 Å². The molecule has 29 heavy (non-hydrogen) atoms. The van der Waals surface area contributed by atoms with Crippen LogP contribution in [0.5, 0.6) is 0 Å². The van der Waals surface area contributed by atoms with Gasteiger partial charge in [-0.1, -0.05) is 60.7 Å². The number of amides is 1. The molecule has 2 bridgehead atoms. The van der Waals surface area contributed by atoms with E-state index in [1.54, 1.807) is 0 Å². The second kappa shape index (κ2) is 8.27. The van der Waals surface area contributed by atoms with Crippen molar-refractivity contribution in [1.29, 1.82) is 0 Å². The Hall–Kier alpha value is -2.21. The smallest absolute Gasteiger partial charge is 0.229 e. The number of benzene rings is 2. The molecule has 2 aromatic carbocycles. The first kappa shape index (κ1) is 18.8. The zero-order valence-electron chi connectivity index (χ0n) is 16.8. The Kier molecular flexibility index (Phi) is 5.36. The maximum absolute atomic E-state index is 13.5. The first-order valence-corrected chi connectivity index (χ1v) is 10.9. The third kappa shape index (κ3) is 3.95. The molecular weight excluding hydrogens is 360 g/mol. The molecule has 2 N–H and O–H groups in total. The standard InChI is InChI=1S/C24H30N4O/c29-24(22-13-25-26-23(22)20-9-5-2-6-10-20)28-16-19-11-12-21(17-28)27(15-19)14-18-7-3-1-4-8-18/h1-10,19,21-23,25-26H,11-17H2/t19-,21-,22?,23?/m0/s1. The minimum atomic E-state index is -0.0440. The second-order valence-electron chi connectivity index (χ2n) is 8.78. The Bertz CT molecular complexity index is 827. The SMILES string of the molecule is O=C(C1CNNC1c1ccccc1)N1C[C@H]2CC[C@@H](C1)N(Cc1ccccc1)C2. The molecule has 4 saturated heterocycles. The molecule has 6 rings (SSSR count). The molecule has 1 amide bonds. The van der Waals surface area contributed by atoms with Gasteiger partial charge in [-0.15, -0.1) is 0 Å². The zero-order chi connectivity index (χ0) is 19.6. The number of hydrogen-bond donors (Lipinski definition) is 2. The van der Waals surface area contributed by atoms with Crippen LogP contribution in [0.25, 0.3) is 0 Å². The zero-order valence-corrected chi connectivity index (χ0v) is 16.8. The topological polar surface area (TPSA) is 47.6 Å². The largest absolute Gasteiger partial charge is 0.340 e. The van der Waals surface area contributed by atoms with Gasteiger partial charge in [-0.2, -0.15) is 0 Å². The van der Waals surface area contributed by atoms with Crippen LogP contribution in [0.1, 0.15) is 30.0 Å². The number of fused-ring (bicyclic) bond motifs is 4. The van der Waals surface area contributed by atoms with E-state index >= 15 is 0 Å². The second-order valence-corrected chi connectivity index (χ2v) is 8.78. The van der Waals surface area contributed by atoms with Crippen molar-refractivity contribution in [3.63, 3.8) is 0 Å². The van der Waals surface area contributed by atoms with Crippen molar-refractivity contribution in [3.8, 4) is 0 Å². The lowest BCUT2D eigenvalue weighted by Gasteiger charge is -2.36. The van der Waals surface area contributed by atoms with Crippen LogP contribution in [0.2, 0.25) is 0 Å². The maximum atomic E-state index is 13.5. The van der Waals surface area contributed by atoms with E-state index in [9.17, 15) is 4.79 Å². The average molecular weight is 391 g/mol. The fraction of sp³-hybridized carbons (Fsp3) is 0.458. The highest BCUT2D eigenvalue weighted by atomic mass is 16.2. The summed E-state index contributed by atoms with van der Waals surface area (Å²) in [5, 5.41) is 0. The van der Waals surface area contributed by atoms with E-state index in [1.807, 2.05) is 18.2 Å². The van der Waals surface area contributed by atoms with E-state index in [-0.39, 0.29) is 12.0 Å². The Morgan fingerprint density at radius 2 is 1.69 bits per heavy atom. The van der Waals surface area contributed by atoms with E-state index in [1.165, 1.54) is 24.0 Å². The van der Waals surface area contributed by atoms with Gasteiger partial charge in [0.05, 0.1) is 12.0 Å². The van der Waals surface area contributed by atoms with Crippen LogP contribution in [-0.2, 0) is 11.3 Å². The molecule has 4 fully saturated rings. The molecule has 0 spiro atoms. The third-order valence-corrected chi connectivity index (χ3v) is 6.82. The number of hydrogen-bond acceptors (Lipinski definition) is 4. The van der Waals surface area contributed by atoms with E-state index in [0.29, 0.717) is 24.4 Å². The number of rotatable bonds is 4. The van der Waals surface area contributed by atoms with Gasteiger partial charge in [0.2, 0.25) is 5.91 Å². The van der Waals surface area contributed by atoms with Crippen LogP contribution in [0.3, 0.4) is 0 Å². The summed E-state index contributed by atoms with van der Waals surface area (Å²) in [6, 6.07) is 21.6. The molecule has 0 aliphatic carbocycles. The lowest BCUT2D eigenvalue weighted by molar-refractivity contribution is -0.135. The highest BCUT2D eigenvalue weighted by Gasteiger charge is 2.41. The molecule has 4 aliphatic rings. The highest BCUT2D eigenvalue weighted by molar-refractivity contribution is 5.80. The average Bonchev–Trinajstić information content (AvgIpc) is 3.08. The molecule has 2 unspecified atom stereocenters. The summed E-state index contributed by atoms with van der Waals surface area (Å²) in [6.45, 7) is 4.55. The summed E-state index contributed by atoms with van der Waals surface area (Å²) >= 11 is 0. The number of piperidine rings is 1. The quantitative estimate of drug-likeness (QED) is 0.843. The monoisotopic (exact) mass is 390 g/mol. The van der Waals surface area contributed by atoms with Crippen molar-refractivity contribution in [2.75, 3.05) is 26.2 Å². The molecule has 5 heteroatoms. The summed E-state index contributed by atoms with van der Waals surface area (Å²) in [5.41, 5.74) is 9.11.